The number of anilines is 2. The summed E-state index contributed by atoms with van der Waals surface area (Å²) >= 11 is 6.65. The van der Waals surface area contributed by atoms with Gasteiger partial charge in [0.05, 0.1) is 18.6 Å². The second-order valence-electron chi connectivity index (χ2n) is 5.90. The van der Waals surface area contributed by atoms with Gasteiger partial charge in [-0.3, -0.25) is 0 Å². The van der Waals surface area contributed by atoms with Crippen molar-refractivity contribution in [1.82, 2.24) is 29.5 Å². The molecule has 0 amide bonds. The molecule has 0 saturated heterocycles. The molecule has 0 aliphatic carbocycles. The van der Waals surface area contributed by atoms with Crippen molar-refractivity contribution in [1.29, 1.82) is 0 Å². The van der Waals surface area contributed by atoms with Gasteiger partial charge in [0.1, 0.15) is 27.6 Å². The number of nitrogens with one attached hydrogen (secondary N) is 1. The lowest BCUT2D eigenvalue weighted by molar-refractivity contribution is 0.812. The van der Waals surface area contributed by atoms with Crippen LogP contribution < -0.4 is 11.1 Å². The van der Waals surface area contributed by atoms with Gasteiger partial charge in [0.15, 0.2) is 11.5 Å². The highest BCUT2D eigenvalue weighted by atomic mass is 32.2. The van der Waals surface area contributed by atoms with Crippen LogP contribution in [-0.4, -0.2) is 34.5 Å². The van der Waals surface area contributed by atoms with Crippen LogP contribution in [0.25, 0.3) is 11.2 Å². The molecule has 3 N–H and O–H groups in total. The number of hydrogen-bond donors (Lipinski definition) is 2. The van der Waals surface area contributed by atoms with E-state index in [2.05, 4.69) is 48.4 Å². The molecule has 1 aliphatic rings. The highest BCUT2D eigenvalue weighted by Gasteiger charge is 2.18. The van der Waals surface area contributed by atoms with Crippen molar-refractivity contribution >= 4 is 51.6 Å². The first-order valence-corrected chi connectivity index (χ1v) is 9.26. The van der Waals surface area contributed by atoms with Crippen LogP contribution in [0.3, 0.4) is 0 Å². The van der Waals surface area contributed by atoms with Gasteiger partial charge in [-0.25, -0.2) is 24.9 Å². The molecule has 3 aromatic heterocycles. The van der Waals surface area contributed by atoms with Gasteiger partial charge in [-0.15, -0.1) is 0 Å². The summed E-state index contributed by atoms with van der Waals surface area (Å²) < 4.78 is 1.95. The van der Waals surface area contributed by atoms with Crippen molar-refractivity contribution in [2.45, 2.75) is 16.5 Å². The van der Waals surface area contributed by atoms with E-state index in [1.165, 1.54) is 6.33 Å². The molecule has 1 aliphatic heterocycles. The number of aromatic nitrogens is 6. The Balaban J connectivity index is 1.49. The fourth-order valence-electron chi connectivity index (χ4n) is 2.95. The summed E-state index contributed by atoms with van der Waals surface area (Å²) in [6.07, 6.45) is 6.55. The Hall–Kier alpha value is -3.11. The van der Waals surface area contributed by atoms with E-state index in [1.807, 2.05) is 4.57 Å². The second-order valence-corrected chi connectivity index (χ2v) is 7.37. The maximum absolute atomic E-state index is 5.73. The molecule has 4 aromatic rings. The summed E-state index contributed by atoms with van der Waals surface area (Å²) in [5.41, 5.74) is 9.64. The molecule has 0 spiro atoms. The number of nitrogens with zero attached hydrogens (tertiary/aromatic N) is 6. The third kappa shape index (κ3) is 2.78. The normalized spacial score (nSPS) is 12.3. The molecule has 4 heterocycles. The zero-order valence-corrected chi connectivity index (χ0v) is 15.5. The SMILES string of the molecule is NC(=S)c1ncnc2c1ncn2Cc1ccc2c(c1)Nc1nccnc1S2. The number of imidazole rings is 1. The molecule has 0 bridgehead atoms. The Labute approximate surface area is 163 Å². The van der Waals surface area contributed by atoms with Crippen molar-refractivity contribution in [3.05, 3.63) is 54.5 Å². The lowest BCUT2D eigenvalue weighted by Crippen LogP contribution is -2.12. The highest BCUT2D eigenvalue weighted by Crippen LogP contribution is 2.42. The molecular weight excluding hydrogens is 380 g/mol. The Morgan fingerprint density at radius 2 is 2.04 bits per heavy atom. The van der Waals surface area contributed by atoms with E-state index in [0.717, 1.165) is 27.0 Å². The first-order valence-electron chi connectivity index (χ1n) is 8.03. The van der Waals surface area contributed by atoms with E-state index in [-0.39, 0.29) is 4.99 Å². The second kappa shape index (κ2) is 6.25. The quantitative estimate of drug-likeness (QED) is 0.448. The standard InChI is InChI=1S/C17H12N8S2/c18-14(26)12-13-16(22-7-21-12)25(8-23-13)6-9-1-2-11-10(5-9)24-15-17(27-11)20-4-3-19-15/h1-5,7-8H,6H2,(H2,18,26)(H,19,24). The number of fused-ring (bicyclic) bond motifs is 3. The first-order chi connectivity index (χ1) is 13.2. The van der Waals surface area contributed by atoms with Crippen molar-refractivity contribution in [2.75, 3.05) is 5.32 Å². The molecule has 27 heavy (non-hydrogen) atoms. The van der Waals surface area contributed by atoms with Crippen LogP contribution in [0.2, 0.25) is 0 Å². The number of nitrogens with two attached hydrogens (primary N) is 1. The van der Waals surface area contributed by atoms with E-state index >= 15 is 0 Å². The molecule has 0 saturated carbocycles. The Morgan fingerprint density at radius 1 is 1.15 bits per heavy atom. The van der Waals surface area contributed by atoms with Gasteiger partial charge in [0.25, 0.3) is 0 Å². The Kier molecular flexibility index (Phi) is 3.73. The van der Waals surface area contributed by atoms with Crippen LogP contribution in [0.15, 0.2) is 53.2 Å². The van der Waals surface area contributed by atoms with Gasteiger partial charge in [-0.1, -0.05) is 30.0 Å². The maximum Gasteiger partial charge on any atom is 0.164 e. The van der Waals surface area contributed by atoms with Crippen molar-refractivity contribution < 1.29 is 0 Å². The van der Waals surface area contributed by atoms with Crippen LogP contribution in [0.1, 0.15) is 11.3 Å². The molecular formula is C17H12N8S2. The largest absolute Gasteiger partial charge is 0.388 e. The minimum atomic E-state index is 0.211. The molecule has 10 heteroatoms. The number of hydrogen-bond acceptors (Lipinski definition) is 8. The zero-order valence-electron chi connectivity index (χ0n) is 13.8. The lowest BCUT2D eigenvalue weighted by atomic mass is 10.2. The first kappa shape index (κ1) is 16.1. The van der Waals surface area contributed by atoms with Gasteiger partial charge >= 0.3 is 0 Å². The van der Waals surface area contributed by atoms with Gasteiger partial charge in [0, 0.05) is 17.3 Å². The van der Waals surface area contributed by atoms with Crippen LogP contribution >= 0.6 is 24.0 Å². The Bertz CT molecular complexity index is 1200. The fourth-order valence-corrected chi connectivity index (χ4v) is 3.98. The summed E-state index contributed by atoms with van der Waals surface area (Å²) in [7, 11) is 0. The number of rotatable bonds is 3. The highest BCUT2D eigenvalue weighted by molar-refractivity contribution is 7.99. The summed E-state index contributed by atoms with van der Waals surface area (Å²) in [6.45, 7) is 0.608. The van der Waals surface area contributed by atoms with Crippen molar-refractivity contribution in [3.63, 3.8) is 0 Å². The smallest absolute Gasteiger partial charge is 0.164 e. The third-order valence-electron chi connectivity index (χ3n) is 4.16. The summed E-state index contributed by atoms with van der Waals surface area (Å²) in [5.74, 6) is 0.772. The molecule has 0 fully saturated rings. The van der Waals surface area contributed by atoms with E-state index in [0.29, 0.717) is 23.4 Å². The molecule has 0 atom stereocenters. The van der Waals surface area contributed by atoms with Gasteiger partial charge in [-0.05, 0) is 17.7 Å². The third-order valence-corrected chi connectivity index (χ3v) is 5.42. The van der Waals surface area contributed by atoms with E-state index in [1.54, 1.807) is 30.5 Å². The Morgan fingerprint density at radius 3 is 2.93 bits per heavy atom. The average Bonchev–Trinajstić information content (AvgIpc) is 3.09. The summed E-state index contributed by atoms with van der Waals surface area (Å²) in [5, 5.41) is 4.22. The summed E-state index contributed by atoms with van der Waals surface area (Å²) in [4.78, 5) is 22.9. The predicted octanol–water partition coefficient (Wildman–Crippen LogP) is 2.51. The minimum Gasteiger partial charge on any atom is -0.388 e. The van der Waals surface area contributed by atoms with Crippen LogP contribution in [0, 0.1) is 0 Å². The van der Waals surface area contributed by atoms with Crippen LogP contribution in [0.4, 0.5) is 11.5 Å². The topological polar surface area (TPSA) is 107 Å². The van der Waals surface area contributed by atoms with Crippen molar-refractivity contribution in [2.24, 2.45) is 5.73 Å². The minimum absolute atomic E-state index is 0.211. The zero-order chi connectivity index (χ0) is 18.4. The van der Waals surface area contributed by atoms with Crippen LogP contribution in [-0.2, 0) is 6.54 Å². The van der Waals surface area contributed by atoms with Gasteiger partial charge in [0.2, 0.25) is 0 Å². The molecule has 0 unspecified atom stereocenters. The van der Waals surface area contributed by atoms with E-state index < -0.39 is 0 Å². The maximum atomic E-state index is 5.73. The van der Waals surface area contributed by atoms with Gasteiger partial charge < -0.3 is 15.6 Å². The number of thiocarbonyl (C=S) groups is 1. The van der Waals surface area contributed by atoms with Gasteiger partial charge in [-0.2, -0.15) is 0 Å². The average molecular weight is 392 g/mol. The van der Waals surface area contributed by atoms with E-state index in [4.69, 9.17) is 18.0 Å². The fraction of sp³-hybridized carbons (Fsp3) is 0.0588. The van der Waals surface area contributed by atoms with Crippen molar-refractivity contribution in [3.8, 4) is 0 Å². The lowest BCUT2D eigenvalue weighted by Gasteiger charge is -2.19. The predicted molar refractivity (Wildman–Crippen MR) is 106 cm³/mol. The summed E-state index contributed by atoms with van der Waals surface area (Å²) in [6, 6.07) is 6.26. The molecule has 8 nitrogen and oxygen atoms in total. The van der Waals surface area contributed by atoms with E-state index in [9.17, 15) is 0 Å². The molecule has 5 rings (SSSR count). The molecule has 132 valence electrons. The number of benzene rings is 1. The molecule has 0 radical (unpaired) electrons. The monoisotopic (exact) mass is 392 g/mol. The van der Waals surface area contributed by atoms with Crippen LogP contribution in [0.5, 0.6) is 0 Å². The molecule has 1 aromatic carbocycles.